The molecule has 5 rings (SSSR count). The molecule has 0 spiro atoms. The van der Waals surface area contributed by atoms with Gasteiger partial charge in [0.25, 0.3) is 0 Å². The van der Waals surface area contributed by atoms with Crippen molar-refractivity contribution in [3.05, 3.63) is 60.2 Å². The van der Waals surface area contributed by atoms with E-state index < -0.39 is 10.0 Å². The van der Waals surface area contributed by atoms with Gasteiger partial charge in [-0.1, -0.05) is 30.3 Å². The topological polar surface area (TPSA) is 53.1 Å². The van der Waals surface area contributed by atoms with E-state index in [0.717, 1.165) is 25.1 Å². The van der Waals surface area contributed by atoms with E-state index in [4.69, 9.17) is 4.84 Å². The minimum Gasteiger partial charge on any atom is -0.372 e. The second kappa shape index (κ2) is 8.54. The second-order valence-electron chi connectivity index (χ2n) is 8.95. The fraction of sp³-hybridized carbons (Fsp3) is 0.500. The molecule has 2 aromatic rings. The summed E-state index contributed by atoms with van der Waals surface area (Å²) in [6.07, 6.45) is 4.52. The van der Waals surface area contributed by atoms with Crippen LogP contribution in [0, 0.1) is 5.92 Å². The van der Waals surface area contributed by atoms with Crippen LogP contribution < -0.4 is 4.90 Å². The van der Waals surface area contributed by atoms with E-state index in [2.05, 4.69) is 29.2 Å². The zero-order valence-corrected chi connectivity index (χ0v) is 18.9. The Morgan fingerprint density at radius 3 is 2.35 bits per heavy atom. The molecule has 0 bridgehead atoms. The summed E-state index contributed by atoms with van der Waals surface area (Å²) in [4.78, 5) is 8.54. The third-order valence-electron chi connectivity index (χ3n) is 7.08. The summed E-state index contributed by atoms with van der Waals surface area (Å²) < 4.78 is 28.9. The lowest BCUT2D eigenvalue weighted by Crippen LogP contribution is -2.49. The van der Waals surface area contributed by atoms with E-state index in [1.54, 1.807) is 28.6 Å². The zero-order valence-electron chi connectivity index (χ0n) is 18.1. The van der Waals surface area contributed by atoms with Gasteiger partial charge in [0.15, 0.2) is 0 Å². The smallest absolute Gasteiger partial charge is 0.243 e. The Labute approximate surface area is 185 Å². The van der Waals surface area contributed by atoms with Crippen molar-refractivity contribution in [1.29, 1.82) is 0 Å². The van der Waals surface area contributed by atoms with Gasteiger partial charge in [0, 0.05) is 44.3 Å². The molecule has 0 N–H and O–H groups in total. The quantitative estimate of drug-likeness (QED) is 0.725. The van der Waals surface area contributed by atoms with Crippen LogP contribution in [0.3, 0.4) is 0 Å². The van der Waals surface area contributed by atoms with E-state index in [-0.39, 0.29) is 18.0 Å². The standard InChI is InChI=1S/C24H31N3O3S/c1-25-23-16-24(19-10-12-21(13-11-19)26-14-6-3-7-15-26)27(17-20(23)18-30-25)31(28,29)22-8-4-2-5-9-22/h2,4-5,8-13,20,23-24H,3,6-7,14-18H2,1H3/t20-,23-,24-/m0/s1. The average molecular weight is 442 g/mol. The van der Waals surface area contributed by atoms with Crippen molar-refractivity contribution >= 4 is 15.7 Å². The highest BCUT2D eigenvalue weighted by atomic mass is 32.2. The minimum atomic E-state index is -3.60. The minimum absolute atomic E-state index is 0.187. The van der Waals surface area contributed by atoms with Crippen molar-refractivity contribution < 1.29 is 13.3 Å². The van der Waals surface area contributed by atoms with Gasteiger partial charge in [0.05, 0.1) is 17.5 Å². The number of anilines is 1. The van der Waals surface area contributed by atoms with Crippen molar-refractivity contribution in [1.82, 2.24) is 9.37 Å². The first-order valence-corrected chi connectivity index (χ1v) is 12.8. The number of rotatable bonds is 4. The Hall–Kier alpha value is -1.93. The Bertz CT molecular complexity index is 990. The van der Waals surface area contributed by atoms with E-state index in [1.165, 1.54) is 24.9 Å². The van der Waals surface area contributed by atoms with Crippen molar-refractivity contribution in [3.63, 3.8) is 0 Å². The van der Waals surface area contributed by atoms with Gasteiger partial charge in [0.2, 0.25) is 10.0 Å². The van der Waals surface area contributed by atoms with Crippen LogP contribution in [0.5, 0.6) is 0 Å². The number of sulfonamides is 1. The number of benzene rings is 2. The second-order valence-corrected chi connectivity index (χ2v) is 10.8. The third kappa shape index (κ3) is 4.00. The maximum atomic E-state index is 13.6. The van der Waals surface area contributed by atoms with Gasteiger partial charge in [-0.3, -0.25) is 4.84 Å². The van der Waals surface area contributed by atoms with Crippen LogP contribution in [-0.2, 0) is 14.9 Å². The summed E-state index contributed by atoms with van der Waals surface area (Å²) in [5.41, 5.74) is 2.29. The van der Waals surface area contributed by atoms with E-state index in [9.17, 15) is 8.42 Å². The van der Waals surface area contributed by atoms with Gasteiger partial charge in [-0.2, -0.15) is 9.37 Å². The van der Waals surface area contributed by atoms with Crippen LogP contribution >= 0.6 is 0 Å². The van der Waals surface area contributed by atoms with Gasteiger partial charge in [-0.25, -0.2) is 8.42 Å². The van der Waals surface area contributed by atoms with Gasteiger partial charge in [-0.05, 0) is 55.5 Å². The predicted octanol–water partition coefficient (Wildman–Crippen LogP) is 3.67. The third-order valence-corrected chi connectivity index (χ3v) is 8.97. The molecule has 0 radical (unpaired) electrons. The van der Waals surface area contributed by atoms with Crippen LogP contribution in [0.25, 0.3) is 0 Å². The maximum Gasteiger partial charge on any atom is 0.243 e. The SMILES string of the molecule is CN1OC[C@@H]2CN(S(=O)(=O)c3ccccc3)[C@H](c3ccc(N4CCCCC4)cc3)C[C@@H]21. The molecule has 166 valence electrons. The number of piperidine rings is 2. The van der Waals surface area contributed by atoms with Gasteiger partial charge in [-0.15, -0.1) is 0 Å². The Morgan fingerprint density at radius 1 is 0.935 bits per heavy atom. The molecule has 3 fully saturated rings. The molecule has 3 saturated heterocycles. The van der Waals surface area contributed by atoms with Crippen LogP contribution in [0.1, 0.15) is 37.3 Å². The molecule has 3 aliphatic rings. The number of nitrogens with zero attached hydrogens (tertiary/aromatic N) is 3. The van der Waals surface area contributed by atoms with Crippen molar-refractivity contribution in [2.75, 3.05) is 38.2 Å². The molecule has 31 heavy (non-hydrogen) atoms. The highest BCUT2D eigenvalue weighted by Crippen LogP contribution is 2.41. The molecule has 7 heteroatoms. The van der Waals surface area contributed by atoms with Crippen molar-refractivity contribution in [2.45, 2.75) is 42.7 Å². The summed E-state index contributed by atoms with van der Waals surface area (Å²) in [6.45, 7) is 3.25. The maximum absolute atomic E-state index is 13.6. The summed E-state index contributed by atoms with van der Waals surface area (Å²) in [7, 11) is -1.64. The normalized spacial score (nSPS) is 27.9. The summed E-state index contributed by atoms with van der Waals surface area (Å²) in [5, 5.41) is 1.92. The summed E-state index contributed by atoms with van der Waals surface area (Å²) in [5.74, 6) is 0.187. The van der Waals surface area contributed by atoms with E-state index >= 15 is 0 Å². The molecule has 3 atom stereocenters. The largest absolute Gasteiger partial charge is 0.372 e. The molecule has 0 unspecified atom stereocenters. The zero-order chi connectivity index (χ0) is 21.4. The van der Waals surface area contributed by atoms with Crippen molar-refractivity contribution in [2.24, 2.45) is 5.92 Å². The van der Waals surface area contributed by atoms with Gasteiger partial charge < -0.3 is 4.90 Å². The lowest BCUT2D eigenvalue weighted by atomic mass is 9.87. The molecule has 0 saturated carbocycles. The number of hydrogen-bond donors (Lipinski definition) is 0. The summed E-state index contributed by atoms with van der Waals surface area (Å²) in [6, 6.07) is 17.4. The van der Waals surface area contributed by atoms with Gasteiger partial charge in [0.1, 0.15) is 0 Å². The molecular formula is C24H31N3O3S. The highest BCUT2D eigenvalue weighted by Gasteiger charge is 2.46. The highest BCUT2D eigenvalue weighted by molar-refractivity contribution is 7.89. The summed E-state index contributed by atoms with van der Waals surface area (Å²) >= 11 is 0. The Balaban J connectivity index is 1.47. The molecule has 0 aliphatic carbocycles. The first-order valence-electron chi connectivity index (χ1n) is 11.3. The molecule has 3 aliphatic heterocycles. The molecule has 6 nitrogen and oxygen atoms in total. The van der Waals surface area contributed by atoms with Crippen LogP contribution in [0.15, 0.2) is 59.5 Å². The van der Waals surface area contributed by atoms with Crippen LogP contribution in [0.2, 0.25) is 0 Å². The monoisotopic (exact) mass is 441 g/mol. The molecule has 2 aromatic carbocycles. The fourth-order valence-corrected chi connectivity index (χ4v) is 6.99. The van der Waals surface area contributed by atoms with E-state index in [1.807, 2.05) is 18.2 Å². The number of hydroxylamine groups is 2. The number of fused-ring (bicyclic) bond motifs is 1. The molecule has 0 amide bonds. The Morgan fingerprint density at radius 2 is 1.65 bits per heavy atom. The van der Waals surface area contributed by atoms with Crippen molar-refractivity contribution in [3.8, 4) is 0 Å². The Kier molecular flexibility index (Phi) is 5.77. The van der Waals surface area contributed by atoms with E-state index in [0.29, 0.717) is 18.0 Å². The van der Waals surface area contributed by atoms with Gasteiger partial charge >= 0.3 is 0 Å². The fourth-order valence-electron chi connectivity index (χ4n) is 5.29. The molecular weight excluding hydrogens is 410 g/mol. The number of hydrogen-bond acceptors (Lipinski definition) is 5. The molecule has 0 aromatic heterocycles. The lowest BCUT2D eigenvalue weighted by Gasteiger charge is -2.41. The average Bonchev–Trinajstić information content (AvgIpc) is 3.19. The predicted molar refractivity (Wildman–Crippen MR) is 121 cm³/mol. The lowest BCUT2D eigenvalue weighted by molar-refractivity contribution is -0.113. The first-order chi connectivity index (χ1) is 15.0. The molecule has 3 heterocycles. The van der Waals surface area contributed by atoms with Crippen LogP contribution in [0.4, 0.5) is 5.69 Å². The first kappa shape index (κ1) is 20.9. The van der Waals surface area contributed by atoms with Crippen LogP contribution in [-0.4, -0.2) is 57.1 Å².